The van der Waals surface area contributed by atoms with E-state index < -0.39 is 35.0 Å². The average molecular weight is 550 g/mol. The standard InChI is InChI=1S/C25H30F3N7O4/c1-23(2)10-13(11-24(3,4)35(23)6)30-22-29-12-16(31-32-22)14-9-17(39-21(38)25(26,27)28)18(20(37)19(14)36)15-7-8-34(5)33-15/h7-9,12-13,36-37H,10-11H2,1-6H3,(H,29,30,32). The van der Waals surface area contributed by atoms with Gasteiger partial charge in [-0.25, -0.2) is 9.78 Å². The maximum atomic E-state index is 13.0. The largest absolute Gasteiger partial charge is 0.504 e. The fraction of sp³-hybridized carbons (Fsp3) is 0.480. The lowest BCUT2D eigenvalue weighted by molar-refractivity contribution is -0.189. The number of hydrogen-bond donors (Lipinski definition) is 3. The third-order valence-corrected chi connectivity index (χ3v) is 7.12. The minimum absolute atomic E-state index is 0.0328. The number of hydrogen-bond acceptors (Lipinski definition) is 10. The summed E-state index contributed by atoms with van der Waals surface area (Å²) < 4.78 is 44.8. The molecule has 0 unspecified atom stereocenters. The first-order valence-electron chi connectivity index (χ1n) is 12.1. The third-order valence-electron chi connectivity index (χ3n) is 7.12. The second kappa shape index (κ2) is 9.67. The van der Waals surface area contributed by atoms with Crippen LogP contribution in [-0.2, 0) is 11.8 Å². The summed E-state index contributed by atoms with van der Waals surface area (Å²) in [5, 5.41) is 36.9. The molecule has 0 saturated carbocycles. The highest BCUT2D eigenvalue weighted by atomic mass is 19.4. The van der Waals surface area contributed by atoms with Crippen LogP contribution in [0.4, 0.5) is 19.1 Å². The lowest BCUT2D eigenvalue weighted by Crippen LogP contribution is -2.61. The van der Waals surface area contributed by atoms with E-state index in [1.807, 2.05) is 0 Å². The van der Waals surface area contributed by atoms with Crippen LogP contribution < -0.4 is 10.1 Å². The van der Waals surface area contributed by atoms with E-state index in [4.69, 9.17) is 0 Å². The first-order valence-corrected chi connectivity index (χ1v) is 12.1. The Labute approximate surface area is 222 Å². The van der Waals surface area contributed by atoms with Crippen molar-refractivity contribution in [3.05, 3.63) is 24.5 Å². The topological polar surface area (TPSA) is 139 Å². The number of phenolic OH excluding ortho intramolecular Hbond substituents is 2. The van der Waals surface area contributed by atoms with E-state index in [1.54, 1.807) is 7.05 Å². The van der Waals surface area contributed by atoms with Crippen molar-refractivity contribution in [1.82, 2.24) is 29.9 Å². The van der Waals surface area contributed by atoms with Crippen molar-refractivity contribution in [2.75, 3.05) is 12.4 Å². The number of aromatic nitrogens is 5. The maximum absolute atomic E-state index is 13.0. The number of piperidine rings is 1. The number of nitrogens with one attached hydrogen (secondary N) is 1. The number of rotatable bonds is 5. The Morgan fingerprint density at radius 3 is 2.23 bits per heavy atom. The summed E-state index contributed by atoms with van der Waals surface area (Å²) in [6.07, 6.45) is -0.973. The SMILES string of the molecule is CN1C(C)(C)CC(Nc2ncc(-c3cc(OC(=O)C(F)(F)F)c(-c4ccn(C)n4)c(O)c3O)nn2)CC1(C)C. The number of likely N-dealkylation sites (tertiary alicyclic amines) is 1. The number of carbonyl (C=O) groups excluding carboxylic acids is 1. The highest BCUT2D eigenvalue weighted by Crippen LogP contribution is 2.48. The molecule has 0 amide bonds. The Kier molecular flexibility index (Phi) is 6.96. The second-order valence-electron chi connectivity index (χ2n) is 10.9. The Morgan fingerprint density at radius 1 is 1.08 bits per heavy atom. The second-order valence-corrected chi connectivity index (χ2v) is 10.9. The van der Waals surface area contributed by atoms with E-state index in [0.29, 0.717) is 0 Å². The molecule has 3 heterocycles. The Morgan fingerprint density at radius 2 is 1.72 bits per heavy atom. The zero-order chi connectivity index (χ0) is 28.9. The Bertz CT molecular complexity index is 1370. The lowest BCUT2D eigenvalue weighted by Gasteiger charge is -2.53. The fourth-order valence-electron chi connectivity index (χ4n) is 4.98. The molecule has 210 valence electrons. The molecule has 1 aromatic carbocycles. The molecule has 1 aliphatic rings. The van der Waals surface area contributed by atoms with E-state index in [2.05, 4.69) is 70.0 Å². The van der Waals surface area contributed by atoms with Crippen molar-refractivity contribution in [1.29, 1.82) is 0 Å². The van der Waals surface area contributed by atoms with E-state index in [9.17, 15) is 28.2 Å². The molecule has 4 rings (SSSR count). The van der Waals surface area contributed by atoms with E-state index in [1.165, 1.54) is 23.1 Å². The predicted molar refractivity (Wildman–Crippen MR) is 135 cm³/mol. The number of ether oxygens (including phenoxy) is 1. The zero-order valence-electron chi connectivity index (χ0n) is 22.3. The van der Waals surface area contributed by atoms with Crippen LogP contribution in [0.15, 0.2) is 24.5 Å². The molecule has 1 saturated heterocycles. The zero-order valence-corrected chi connectivity index (χ0v) is 22.3. The van der Waals surface area contributed by atoms with Crippen LogP contribution in [0.25, 0.3) is 22.5 Å². The molecular formula is C25H30F3N7O4. The van der Waals surface area contributed by atoms with Gasteiger partial charge >= 0.3 is 12.1 Å². The van der Waals surface area contributed by atoms with E-state index in [-0.39, 0.29) is 40.0 Å². The maximum Gasteiger partial charge on any atom is 0.491 e. The average Bonchev–Trinajstić information content (AvgIpc) is 3.25. The van der Waals surface area contributed by atoms with Crippen LogP contribution >= 0.6 is 0 Å². The van der Waals surface area contributed by atoms with Crippen LogP contribution in [0.1, 0.15) is 40.5 Å². The van der Waals surface area contributed by atoms with Crippen molar-refractivity contribution < 1.29 is 32.9 Å². The molecule has 0 bridgehead atoms. The van der Waals surface area contributed by atoms with Crippen LogP contribution in [-0.4, -0.2) is 76.4 Å². The van der Waals surface area contributed by atoms with Crippen molar-refractivity contribution in [3.63, 3.8) is 0 Å². The summed E-state index contributed by atoms with van der Waals surface area (Å²) in [5.41, 5.74) is -0.930. The van der Waals surface area contributed by atoms with Gasteiger partial charge in [-0.15, -0.1) is 10.2 Å². The molecule has 0 atom stereocenters. The van der Waals surface area contributed by atoms with Gasteiger partial charge in [0, 0.05) is 30.4 Å². The summed E-state index contributed by atoms with van der Waals surface area (Å²) in [5.74, 6) is -4.55. The molecule has 1 aliphatic heterocycles. The summed E-state index contributed by atoms with van der Waals surface area (Å²) in [7, 11) is 3.63. The summed E-state index contributed by atoms with van der Waals surface area (Å²) in [6, 6.07) is 2.36. The lowest BCUT2D eigenvalue weighted by atomic mass is 9.77. The van der Waals surface area contributed by atoms with Gasteiger partial charge in [-0.3, -0.25) is 9.58 Å². The van der Waals surface area contributed by atoms with Gasteiger partial charge in [0.1, 0.15) is 11.4 Å². The molecule has 1 fully saturated rings. The number of alkyl halides is 3. The van der Waals surface area contributed by atoms with Gasteiger partial charge in [0.15, 0.2) is 11.5 Å². The van der Waals surface area contributed by atoms with Gasteiger partial charge in [0.25, 0.3) is 0 Å². The number of benzene rings is 1. The van der Waals surface area contributed by atoms with Crippen molar-refractivity contribution in [2.45, 2.75) is 63.8 Å². The smallest absolute Gasteiger partial charge is 0.491 e. The fourth-order valence-corrected chi connectivity index (χ4v) is 4.98. The normalized spacial score (nSPS) is 17.7. The number of aryl methyl sites for hydroxylation is 1. The van der Waals surface area contributed by atoms with Crippen LogP contribution in [0.3, 0.4) is 0 Å². The van der Waals surface area contributed by atoms with Crippen LogP contribution in [0.2, 0.25) is 0 Å². The highest BCUT2D eigenvalue weighted by molar-refractivity contribution is 5.88. The number of carbonyl (C=O) groups is 1. The van der Waals surface area contributed by atoms with Crippen molar-refractivity contribution >= 4 is 11.9 Å². The number of aromatic hydroxyl groups is 2. The molecular weight excluding hydrogens is 519 g/mol. The van der Waals surface area contributed by atoms with Gasteiger partial charge < -0.3 is 20.3 Å². The molecule has 3 N–H and O–H groups in total. The Balaban J connectivity index is 1.67. The highest BCUT2D eigenvalue weighted by Gasteiger charge is 2.44. The molecule has 39 heavy (non-hydrogen) atoms. The monoisotopic (exact) mass is 549 g/mol. The molecule has 0 radical (unpaired) electrons. The van der Waals surface area contributed by atoms with Gasteiger partial charge in [0.2, 0.25) is 5.95 Å². The van der Waals surface area contributed by atoms with Crippen molar-refractivity contribution in [3.8, 4) is 39.8 Å². The van der Waals surface area contributed by atoms with Crippen LogP contribution in [0.5, 0.6) is 17.2 Å². The summed E-state index contributed by atoms with van der Waals surface area (Å²) in [6.45, 7) is 8.60. The summed E-state index contributed by atoms with van der Waals surface area (Å²) >= 11 is 0. The van der Waals surface area contributed by atoms with Gasteiger partial charge in [0.05, 0.1) is 23.0 Å². The number of halogens is 3. The number of esters is 1. The number of phenols is 2. The first-order chi connectivity index (χ1) is 18.0. The molecule has 14 heteroatoms. The predicted octanol–water partition coefficient (Wildman–Crippen LogP) is 3.88. The minimum atomic E-state index is -5.30. The van der Waals surface area contributed by atoms with Crippen molar-refractivity contribution in [2.24, 2.45) is 7.05 Å². The van der Waals surface area contributed by atoms with E-state index in [0.717, 1.165) is 18.9 Å². The summed E-state index contributed by atoms with van der Waals surface area (Å²) in [4.78, 5) is 18.2. The quantitative estimate of drug-likeness (QED) is 0.244. The molecule has 2 aromatic heterocycles. The molecule has 0 aliphatic carbocycles. The molecule has 11 nitrogen and oxygen atoms in total. The molecule has 0 spiro atoms. The van der Waals surface area contributed by atoms with Gasteiger partial charge in [-0.05, 0) is 59.7 Å². The number of anilines is 1. The first kappa shape index (κ1) is 28.1. The van der Waals surface area contributed by atoms with E-state index >= 15 is 0 Å². The molecule has 3 aromatic rings. The Hall–Kier alpha value is -3.94. The van der Waals surface area contributed by atoms with Crippen LogP contribution in [0, 0.1) is 0 Å². The minimum Gasteiger partial charge on any atom is -0.504 e. The van der Waals surface area contributed by atoms with Gasteiger partial charge in [-0.2, -0.15) is 18.3 Å². The third kappa shape index (κ3) is 5.60. The van der Waals surface area contributed by atoms with Gasteiger partial charge in [-0.1, -0.05) is 0 Å². The number of nitrogens with zero attached hydrogens (tertiary/aromatic N) is 6.